The van der Waals surface area contributed by atoms with Crippen molar-refractivity contribution in [1.29, 1.82) is 0 Å². The minimum absolute atomic E-state index is 0.0471. The summed E-state index contributed by atoms with van der Waals surface area (Å²) in [4.78, 5) is 14.3. The van der Waals surface area contributed by atoms with Gasteiger partial charge in [-0.2, -0.15) is 0 Å². The molecule has 18 heavy (non-hydrogen) atoms. The van der Waals surface area contributed by atoms with Crippen molar-refractivity contribution in [2.75, 3.05) is 32.0 Å². The molecular weight excluding hydrogens is 294 g/mol. The first-order chi connectivity index (χ1) is 8.58. The highest BCUT2D eigenvalue weighted by molar-refractivity contribution is 9.10. The van der Waals surface area contributed by atoms with Gasteiger partial charge < -0.3 is 10.6 Å². The van der Waals surface area contributed by atoms with Crippen LogP contribution in [0.2, 0.25) is 0 Å². The molecular formula is C13H18BrN3O. The fourth-order valence-electron chi connectivity index (χ4n) is 2.04. The number of benzene rings is 1. The van der Waals surface area contributed by atoms with Crippen molar-refractivity contribution < 1.29 is 4.79 Å². The lowest BCUT2D eigenvalue weighted by Gasteiger charge is -2.32. The highest BCUT2D eigenvalue weighted by Crippen LogP contribution is 2.21. The third-order valence-electron chi connectivity index (χ3n) is 3.27. The fourth-order valence-corrected chi connectivity index (χ4v) is 2.40. The zero-order valence-corrected chi connectivity index (χ0v) is 12.3. The number of halogens is 1. The Labute approximate surface area is 116 Å². The third kappa shape index (κ3) is 3.10. The van der Waals surface area contributed by atoms with Crippen LogP contribution in [0, 0.1) is 6.92 Å². The number of hydrogen-bond donors (Lipinski definition) is 2. The summed E-state index contributed by atoms with van der Waals surface area (Å²) in [5.41, 5.74) is 1.94. The number of carbonyl (C=O) groups is 1. The molecule has 2 N–H and O–H groups in total. The molecule has 1 fully saturated rings. The third-order valence-corrected chi connectivity index (χ3v) is 3.76. The molecule has 0 aliphatic carbocycles. The Morgan fingerprint density at radius 1 is 1.56 bits per heavy atom. The van der Waals surface area contributed by atoms with Gasteiger partial charge in [0.25, 0.3) is 0 Å². The van der Waals surface area contributed by atoms with E-state index in [1.807, 2.05) is 32.2 Å². The topological polar surface area (TPSA) is 44.4 Å². The van der Waals surface area contributed by atoms with Gasteiger partial charge in [-0.1, -0.05) is 22.0 Å². The summed E-state index contributed by atoms with van der Waals surface area (Å²) in [5.74, 6) is 0.0471. The molecule has 1 atom stereocenters. The van der Waals surface area contributed by atoms with E-state index >= 15 is 0 Å². The van der Waals surface area contributed by atoms with Crippen molar-refractivity contribution in [3.63, 3.8) is 0 Å². The Kier molecular flexibility index (Phi) is 4.37. The molecule has 98 valence electrons. The van der Waals surface area contributed by atoms with Crippen molar-refractivity contribution in [3.05, 3.63) is 28.2 Å². The van der Waals surface area contributed by atoms with Crippen molar-refractivity contribution in [1.82, 2.24) is 10.2 Å². The number of nitrogens with one attached hydrogen (secondary N) is 2. The number of anilines is 1. The molecule has 1 aromatic carbocycles. The highest BCUT2D eigenvalue weighted by Gasteiger charge is 2.25. The van der Waals surface area contributed by atoms with E-state index in [-0.39, 0.29) is 11.9 Å². The van der Waals surface area contributed by atoms with Gasteiger partial charge in [0.05, 0.1) is 0 Å². The Hall–Kier alpha value is -0.910. The van der Waals surface area contributed by atoms with Crippen LogP contribution in [0.15, 0.2) is 22.7 Å². The van der Waals surface area contributed by atoms with Gasteiger partial charge in [0.1, 0.15) is 6.04 Å². The van der Waals surface area contributed by atoms with Crippen LogP contribution in [-0.4, -0.2) is 43.5 Å². The van der Waals surface area contributed by atoms with Gasteiger partial charge in [0, 0.05) is 29.8 Å². The second-order valence-corrected chi connectivity index (χ2v) is 5.56. The number of amides is 1. The van der Waals surface area contributed by atoms with E-state index in [1.165, 1.54) is 0 Å². The molecule has 1 aliphatic heterocycles. The molecule has 1 saturated heterocycles. The van der Waals surface area contributed by atoms with Gasteiger partial charge in [0.2, 0.25) is 5.91 Å². The Balaban J connectivity index is 2.08. The van der Waals surface area contributed by atoms with Crippen LogP contribution < -0.4 is 10.6 Å². The van der Waals surface area contributed by atoms with E-state index < -0.39 is 0 Å². The van der Waals surface area contributed by atoms with Gasteiger partial charge in [-0.15, -0.1) is 0 Å². The molecule has 1 heterocycles. The molecule has 4 nitrogen and oxygen atoms in total. The quantitative estimate of drug-likeness (QED) is 0.872. The number of aryl methyl sites for hydroxylation is 1. The Morgan fingerprint density at radius 3 is 3.06 bits per heavy atom. The monoisotopic (exact) mass is 311 g/mol. The first-order valence-corrected chi connectivity index (χ1v) is 6.85. The maximum absolute atomic E-state index is 12.2. The number of nitrogens with zero attached hydrogens (tertiary/aromatic N) is 1. The second kappa shape index (κ2) is 5.82. The predicted molar refractivity (Wildman–Crippen MR) is 76.8 cm³/mol. The van der Waals surface area contributed by atoms with Gasteiger partial charge in [0.15, 0.2) is 0 Å². The molecule has 2 rings (SSSR count). The lowest BCUT2D eigenvalue weighted by Crippen LogP contribution is -2.54. The van der Waals surface area contributed by atoms with Crippen molar-refractivity contribution in [2.45, 2.75) is 13.0 Å². The molecule has 5 heteroatoms. The summed E-state index contributed by atoms with van der Waals surface area (Å²) in [6.07, 6.45) is 0. The highest BCUT2D eigenvalue weighted by atomic mass is 79.9. The van der Waals surface area contributed by atoms with Gasteiger partial charge in [-0.3, -0.25) is 9.69 Å². The maximum Gasteiger partial charge on any atom is 0.243 e. The van der Waals surface area contributed by atoms with Crippen LogP contribution in [-0.2, 0) is 4.79 Å². The summed E-state index contributed by atoms with van der Waals surface area (Å²) >= 11 is 3.42. The molecule has 1 aromatic rings. The number of likely N-dealkylation sites (N-methyl/N-ethyl adjacent to an activating group) is 1. The molecule has 1 aliphatic rings. The van der Waals surface area contributed by atoms with E-state index in [9.17, 15) is 4.79 Å². The maximum atomic E-state index is 12.2. The number of piperazine rings is 1. The molecule has 0 spiro atoms. The normalized spacial score (nSPS) is 20.7. The van der Waals surface area contributed by atoms with Crippen LogP contribution in [0.5, 0.6) is 0 Å². The summed E-state index contributed by atoms with van der Waals surface area (Å²) < 4.78 is 0.971. The summed E-state index contributed by atoms with van der Waals surface area (Å²) in [5, 5.41) is 6.25. The van der Waals surface area contributed by atoms with Gasteiger partial charge >= 0.3 is 0 Å². The predicted octanol–water partition coefficient (Wildman–Crippen LogP) is 1.60. The van der Waals surface area contributed by atoms with Crippen LogP contribution in [0.4, 0.5) is 5.69 Å². The number of carbonyl (C=O) groups excluding carboxylic acids is 1. The van der Waals surface area contributed by atoms with Crippen LogP contribution >= 0.6 is 15.9 Å². The van der Waals surface area contributed by atoms with Crippen molar-refractivity contribution in [2.24, 2.45) is 0 Å². The largest absolute Gasteiger partial charge is 0.324 e. The van der Waals surface area contributed by atoms with Gasteiger partial charge in [-0.25, -0.2) is 0 Å². The van der Waals surface area contributed by atoms with Crippen molar-refractivity contribution in [3.8, 4) is 0 Å². The standard InChI is InChI=1S/C13H18BrN3O/c1-9-3-4-10(14)7-11(9)16-13(18)12-8-15-5-6-17(12)2/h3-4,7,12,15H,5-6,8H2,1-2H3,(H,16,18). The number of rotatable bonds is 2. The summed E-state index contributed by atoms with van der Waals surface area (Å²) in [6.45, 7) is 4.53. The smallest absolute Gasteiger partial charge is 0.243 e. The summed E-state index contributed by atoms with van der Waals surface area (Å²) in [6, 6.07) is 5.79. The molecule has 0 saturated carbocycles. The van der Waals surface area contributed by atoms with E-state index in [0.717, 1.165) is 28.8 Å². The number of hydrogen-bond acceptors (Lipinski definition) is 3. The molecule has 0 aromatic heterocycles. The van der Waals surface area contributed by atoms with E-state index in [4.69, 9.17) is 0 Å². The molecule has 0 bridgehead atoms. The lowest BCUT2D eigenvalue weighted by molar-refractivity contribution is -0.121. The Morgan fingerprint density at radius 2 is 2.33 bits per heavy atom. The first kappa shape index (κ1) is 13.5. The summed E-state index contributed by atoms with van der Waals surface area (Å²) in [7, 11) is 1.98. The van der Waals surface area contributed by atoms with Crippen LogP contribution in [0.3, 0.4) is 0 Å². The first-order valence-electron chi connectivity index (χ1n) is 6.06. The lowest BCUT2D eigenvalue weighted by atomic mass is 10.1. The molecule has 1 amide bonds. The molecule has 0 radical (unpaired) electrons. The van der Waals surface area contributed by atoms with Gasteiger partial charge in [-0.05, 0) is 31.7 Å². The zero-order valence-electron chi connectivity index (χ0n) is 10.7. The van der Waals surface area contributed by atoms with Crippen molar-refractivity contribution >= 4 is 27.5 Å². The van der Waals surface area contributed by atoms with E-state index in [1.54, 1.807) is 0 Å². The second-order valence-electron chi connectivity index (χ2n) is 4.65. The van der Waals surface area contributed by atoms with Crippen LogP contribution in [0.25, 0.3) is 0 Å². The average molecular weight is 312 g/mol. The zero-order chi connectivity index (χ0) is 13.1. The minimum atomic E-state index is -0.0999. The van der Waals surface area contributed by atoms with Crippen LogP contribution in [0.1, 0.15) is 5.56 Å². The fraction of sp³-hybridized carbons (Fsp3) is 0.462. The van der Waals surface area contributed by atoms with E-state index in [2.05, 4.69) is 31.5 Å². The Bertz CT molecular complexity index is 450. The molecule has 1 unspecified atom stereocenters. The minimum Gasteiger partial charge on any atom is -0.324 e. The average Bonchev–Trinajstić information content (AvgIpc) is 2.34. The van der Waals surface area contributed by atoms with E-state index in [0.29, 0.717) is 6.54 Å². The SMILES string of the molecule is Cc1ccc(Br)cc1NC(=O)C1CNCCN1C.